The summed E-state index contributed by atoms with van der Waals surface area (Å²) < 4.78 is 26.6. The van der Waals surface area contributed by atoms with Crippen LogP contribution in [0.25, 0.3) is 16.7 Å². The highest BCUT2D eigenvalue weighted by Crippen LogP contribution is 2.21. The maximum Gasteiger partial charge on any atom is 0.338 e. The number of carbonyl (C=O) groups excluding carboxylic acids is 1. The van der Waals surface area contributed by atoms with Crippen LogP contribution in [-0.2, 0) is 11.3 Å². The van der Waals surface area contributed by atoms with E-state index in [0.29, 0.717) is 17.1 Å². The third kappa shape index (κ3) is 3.89. The van der Waals surface area contributed by atoms with Crippen LogP contribution in [0.5, 0.6) is 5.75 Å². The predicted octanol–water partition coefficient (Wildman–Crippen LogP) is 2.84. The Morgan fingerprint density at radius 1 is 1.06 bits per heavy atom. The van der Waals surface area contributed by atoms with Crippen molar-refractivity contribution in [1.82, 2.24) is 14.1 Å². The number of nitrogens with zero attached hydrogens (tertiary/aromatic N) is 3. The van der Waals surface area contributed by atoms with Crippen LogP contribution in [0, 0.1) is 12.7 Å². The number of hydrogen-bond donors (Lipinski definition) is 0. The fourth-order valence-electron chi connectivity index (χ4n) is 3.65. The molecule has 4 rings (SSSR count). The molecular weight excluding hydrogens is 429 g/mol. The average Bonchev–Trinajstić information content (AvgIpc) is 2.82. The smallest absolute Gasteiger partial charge is 0.338 e. The lowest BCUT2D eigenvalue weighted by Crippen LogP contribution is -2.41. The summed E-state index contributed by atoms with van der Waals surface area (Å²) >= 11 is 0. The maximum absolute atomic E-state index is 14.4. The summed E-state index contributed by atoms with van der Waals surface area (Å²) in [5.74, 6) is -0.844. The number of esters is 1. The molecule has 9 heteroatoms. The van der Waals surface area contributed by atoms with E-state index in [-0.39, 0.29) is 28.7 Å². The molecule has 0 radical (unpaired) electrons. The van der Waals surface area contributed by atoms with E-state index in [0.717, 1.165) is 4.57 Å². The zero-order valence-electron chi connectivity index (χ0n) is 18.2. The van der Waals surface area contributed by atoms with Gasteiger partial charge in [0.1, 0.15) is 11.6 Å². The van der Waals surface area contributed by atoms with Crippen molar-refractivity contribution in [1.29, 1.82) is 0 Å². The van der Waals surface area contributed by atoms with Crippen LogP contribution >= 0.6 is 0 Å². The van der Waals surface area contributed by atoms with Gasteiger partial charge in [-0.2, -0.15) is 0 Å². The molecule has 0 saturated carbocycles. The molecule has 4 aromatic rings. The first kappa shape index (κ1) is 21.9. The van der Waals surface area contributed by atoms with Gasteiger partial charge >= 0.3 is 11.7 Å². The molecule has 2 aromatic heterocycles. The molecule has 0 spiro atoms. The van der Waals surface area contributed by atoms with Crippen LogP contribution in [0.15, 0.2) is 64.2 Å². The molecule has 168 valence electrons. The average molecular weight is 449 g/mol. The number of benzene rings is 2. The Labute approximate surface area is 187 Å². The standard InChI is InChI=1S/C24H20FN3O5/c1-14-11-18(23(30)33-3)20-21(26-14)28(16-8-6-9-17(12-16)32-2)24(31)27(22(20)29)13-15-7-4-5-10-19(15)25/h4-12H,13H2,1-3H3. The van der Waals surface area contributed by atoms with Crippen molar-refractivity contribution in [2.75, 3.05) is 14.2 Å². The highest BCUT2D eigenvalue weighted by Gasteiger charge is 2.23. The molecule has 0 aliphatic carbocycles. The van der Waals surface area contributed by atoms with Crippen LogP contribution in [0.1, 0.15) is 21.6 Å². The van der Waals surface area contributed by atoms with E-state index >= 15 is 0 Å². The van der Waals surface area contributed by atoms with Gasteiger partial charge in [-0.1, -0.05) is 24.3 Å². The molecule has 0 unspecified atom stereocenters. The van der Waals surface area contributed by atoms with Crippen molar-refractivity contribution >= 4 is 17.0 Å². The molecule has 0 amide bonds. The Bertz CT molecular complexity index is 1510. The first-order chi connectivity index (χ1) is 15.8. The molecule has 0 N–H and O–H groups in total. The Kier molecular flexibility index (Phi) is 5.78. The molecule has 8 nitrogen and oxygen atoms in total. The summed E-state index contributed by atoms with van der Waals surface area (Å²) in [4.78, 5) is 44.0. The minimum atomic E-state index is -0.773. The van der Waals surface area contributed by atoms with E-state index in [9.17, 15) is 18.8 Å². The number of ether oxygens (including phenoxy) is 2. The fourth-order valence-corrected chi connectivity index (χ4v) is 3.65. The van der Waals surface area contributed by atoms with Crippen molar-refractivity contribution in [3.8, 4) is 11.4 Å². The van der Waals surface area contributed by atoms with Crippen molar-refractivity contribution in [3.63, 3.8) is 0 Å². The monoisotopic (exact) mass is 449 g/mol. The van der Waals surface area contributed by atoms with Gasteiger partial charge in [0.15, 0.2) is 5.65 Å². The quantitative estimate of drug-likeness (QED) is 0.435. The second-order valence-electron chi connectivity index (χ2n) is 7.30. The van der Waals surface area contributed by atoms with E-state index < -0.39 is 23.0 Å². The summed E-state index contributed by atoms with van der Waals surface area (Å²) in [6.07, 6.45) is 0. The molecule has 0 atom stereocenters. The second-order valence-corrected chi connectivity index (χ2v) is 7.30. The van der Waals surface area contributed by atoms with Gasteiger partial charge in [0, 0.05) is 17.3 Å². The number of hydrogen-bond acceptors (Lipinski definition) is 6. The molecule has 0 aliphatic heterocycles. The number of carbonyl (C=O) groups is 1. The van der Waals surface area contributed by atoms with E-state index in [1.54, 1.807) is 37.3 Å². The zero-order chi connectivity index (χ0) is 23.7. The van der Waals surface area contributed by atoms with Crippen LogP contribution in [0.3, 0.4) is 0 Å². The molecule has 0 fully saturated rings. The van der Waals surface area contributed by atoms with Gasteiger partial charge in [0.2, 0.25) is 0 Å². The Hall–Kier alpha value is -4.27. The third-order valence-electron chi connectivity index (χ3n) is 5.22. The first-order valence-corrected chi connectivity index (χ1v) is 9.99. The summed E-state index contributed by atoms with van der Waals surface area (Å²) in [6, 6.07) is 13.9. The number of aromatic nitrogens is 3. The molecule has 33 heavy (non-hydrogen) atoms. The molecule has 2 aromatic carbocycles. The Morgan fingerprint density at radius 3 is 2.52 bits per heavy atom. The second kappa shape index (κ2) is 8.70. The predicted molar refractivity (Wildman–Crippen MR) is 120 cm³/mol. The maximum atomic E-state index is 14.4. The number of pyridine rings is 1. The van der Waals surface area contributed by atoms with Crippen LogP contribution < -0.4 is 16.0 Å². The van der Waals surface area contributed by atoms with Gasteiger partial charge in [0.25, 0.3) is 5.56 Å². The molecule has 2 heterocycles. The SMILES string of the molecule is COC(=O)c1cc(C)nc2c1c(=O)n(Cc1ccccc1F)c(=O)n2-c1cccc(OC)c1. The lowest BCUT2D eigenvalue weighted by Gasteiger charge is -2.16. The summed E-state index contributed by atoms with van der Waals surface area (Å²) in [5.41, 5.74) is -0.644. The zero-order valence-corrected chi connectivity index (χ0v) is 18.2. The van der Waals surface area contributed by atoms with Gasteiger partial charge in [-0.05, 0) is 31.2 Å². The van der Waals surface area contributed by atoms with Crippen molar-refractivity contribution in [3.05, 3.63) is 98.1 Å². The van der Waals surface area contributed by atoms with Gasteiger partial charge in [0.05, 0.1) is 37.4 Å². The van der Waals surface area contributed by atoms with E-state index in [1.165, 1.54) is 43.1 Å². The highest BCUT2D eigenvalue weighted by atomic mass is 19.1. The Morgan fingerprint density at radius 2 is 1.82 bits per heavy atom. The third-order valence-corrected chi connectivity index (χ3v) is 5.22. The minimum absolute atomic E-state index is 0.0107. The van der Waals surface area contributed by atoms with Gasteiger partial charge < -0.3 is 9.47 Å². The van der Waals surface area contributed by atoms with Crippen molar-refractivity contribution in [2.24, 2.45) is 0 Å². The largest absolute Gasteiger partial charge is 0.497 e. The van der Waals surface area contributed by atoms with Gasteiger partial charge in [-0.25, -0.2) is 23.5 Å². The van der Waals surface area contributed by atoms with E-state index in [4.69, 9.17) is 9.47 Å². The molecular formula is C24H20FN3O5. The highest BCUT2D eigenvalue weighted by molar-refractivity contribution is 6.02. The number of fused-ring (bicyclic) bond motifs is 1. The van der Waals surface area contributed by atoms with E-state index in [1.807, 2.05) is 0 Å². The van der Waals surface area contributed by atoms with Crippen LogP contribution in [0.4, 0.5) is 4.39 Å². The number of rotatable bonds is 5. The molecule has 0 aliphatic rings. The lowest BCUT2D eigenvalue weighted by molar-refractivity contribution is 0.0602. The van der Waals surface area contributed by atoms with Gasteiger partial charge in [-0.15, -0.1) is 0 Å². The van der Waals surface area contributed by atoms with Gasteiger partial charge in [-0.3, -0.25) is 9.36 Å². The number of methoxy groups -OCH3 is 2. The lowest BCUT2D eigenvalue weighted by atomic mass is 10.1. The van der Waals surface area contributed by atoms with Crippen LogP contribution in [-0.4, -0.2) is 34.3 Å². The number of halogens is 1. The summed E-state index contributed by atoms with van der Waals surface area (Å²) in [6.45, 7) is 1.30. The Balaban J connectivity index is 2.16. The normalized spacial score (nSPS) is 10.9. The first-order valence-electron chi connectivity index (χ1n) is 9.99. The topological polar surface area (TPSA) is 92.4 Å². The molecule has 0 bridgehead atoms. The fraction of sp³-hybridized carbons (Fsp3) is 0.167. The summed E-state index contributed by atoms with van der Waals surface area (Å²) in [5, 5.41) is -0.105. The van der Waals surface area contributed by atoms with E-state index in [2.05, 4.69) is 4.98 Å². The summed E-state index contributed by atoms with van der Waals surface area (Å²) in [7, 11) is 2.68. The van der Waals surface area contributed by atoms with Crippen molar-refractivity contribution < 1.29 is 18.7 Å². The minimum Gasteiger partial charge on any atom is -0.497 e. The number of aryl methyl sites for hydroxylation is 1. The van der Waals surface area contributed by atoms with Crippen LogP contribution in [0.2, 0.25) is 0 Å². The van der Waals surface area contributed by atoms with Crippen molar-refractivity contribution in [2.45, 2.75) is 13.5 Å². The molecule has 0 saturated heterocycles.